The fourth-order valence-corrected chi connectivity index (χ4v) is 1.43. The molecule has 0 fully saturated rings. The number of nitrogen functional groups attached to an aromatic ring is 1. The zero-order valence-electron chi connectivity index (χ0n) is 8.80. The molecule has 6 nitrogen and oxygen atoms in total. The van der Waals surface area contributed by atoms with Gasteiger partial charge in [-0.2, -0.15) is 5.10 Å². The first-order valence-corrected chi connectivity index (χ1v) is 5.21. The van der Waals surface area contributed by atoms with Gasteiger partial charge >= 0.3 is 0 Å². The number of hydrogen-bond donors (Lipinski definition) is 2. The van der Waals surface area contributed by atoms with E-state index in [1.54, 1.807) is 24.5 Å². The van der Waals surface area contributed by atoms with Gasteiger partial charge in [-0.15, -0.1) is 0 Å². The zero-order valence-corrected chi connectivity index (χ0v) is 9.55. The van der Waals surface area contributed by atoms with Crippen LogP contribution < -0.4 is 11.1 Å². The summed E-state index contributed by atoms with van der Waals surface area (Å²) in [6.45, 7) is 0.0596. The number of nitrogens with zero attached hydrogens (tertiary/aromatic N) is 3. The molecule has 0 aliphatic rings. The SMILES string of the molecule is Nc1cnn(CC(=O)Nc2ncccc2Cl)c1. The maximum atomic E-state index is 11.6. The molecule has 17 heavy (non-hydrogen) atoms. The number of amides is 1. The van der Waals surface area contributed by atoms with Crippen molar-refractivity contribution in [3.05, 3.63) is 35.7 Å². The maximum absolute atomic E-state index is 11.6. The number of nitrogens with one attached hydrogen (secondary N) is 1. The van der Waals surface area contributed by atoms with Crippen LogP contribution in [-0.2, 0) is 11.3 Å². The van der Waals surface area contributed by atoms with Crippen LogP contribution in [0.15, 0.2) is 30.7 Å². The summed E-state index contributed by atoms with van der Waals surface area (Å²) >= 11 is 5.86. The molecule has 2 rings (SSSR count). The zero-order chi connectivity index (χ0) is 12.3. The minimum Gasteiger partial charge on any atom is -0.396 e. The molecule has 0 saturated carbocycles. The molecule has 3 N–H and O–H groups in total. The van der Waals surface area contributed by atoms with Gasteiger partial charge in [-0.25, -0.2) is 4.98 Å². The van der Waals surface area contributed by atoms with Gasteiger partial charge in [0, 0.05) is 12.4 Å². The van der Waals surface area contributed by atoms with Gasteiger partial charge in [0.05, 0.1) is 16.9 Å². The minimum atomic E-state index is -0.270. The monoisotopic (exact) mass is 251 g/mol. The summed E-state index contributed by atoms with van der Waals surface area (Å²) in [5.74, 6) is 0.0630. The van der Waals surface area contributed by atoms with E-state index in [0.717, 1.165) is 0 Å². The van der Waals surface area contributed by atoms with Gasteiger partial charge in [0.25, 0.3) is 0 Å². The molecular formula is C10H10ClN5O. The van der Waals surface area contributed by atoms with Crippen LogP contribution in [0.1, 0.15) is 0 Å². The molecular weight excluding hydrogens is 242 g/mol. The molecule has 88 valence electrons. The Morgan fingerprint density at radius 1 is 1.59 bits per heavy atom. The second-order valence-corrected chi connectivity index (χ2v) is 3.76. The van der Waals surface area contributed by atoms with Gasteiger partial charge in [-0.1, -0.05) is 11.6 Å². The molecule has 0 spiro atoms. The third-order valence-electron chi connectivity index (χ3n) is 1.98. The van der Waals surface area contributed by atoms with E-state index in [9.17, 15) is 4.79 Å². The molecule has 2 aromatic rings. The van der Waals surface area contributed by atoms with Crippen molar-refractivity contribution in [1.29, 1.82) is 0 Å². The lowest BCUT2D eigenvalue weighted by Crippen LogP contribution is -2.19. The van der Waals surface area contributed by atoms with Gasteiger partial charge in [-0.3, -0.25) is 9.48 Å². The molecule has 2 aromatic heterocycles. The summed E-state index contributed by atoms with van der Waals surface area (Å²) in [5.41, 5.74) is 5.99. The van der Waals surface area contributed by atoms with Crippen molar-refractivity contribution in [1.82, 2.24) is 14.8 Å². The molecule has 0 bridgehead atoms. The first kappa shape index (κ1) is 11.4. The summed E-state index contributed by atoms with van der Waals surface area (Å²) in [6, 6.07) is 3.34. The van der Waals surface area contributed by atoms with Gasteiger partial charge in [0.1, 0.15) is 6.54 Å². The number of nitrogens with two attached hydrogens (primary N) is 1. The largest absolute Gasteiger partial charge is 0.396 e. The van der Waals surface area contributed by atoms with E-state index >= 15 is 0 Å². The number of carbonyl (C=O) groups excluding carboxylic acids is 1. The quantitative estimate of drug-likeness (QED) is 0.857. The second-order valence-electron chi connectivity index (χ2n) is 3.35. The van der Waals surface area contributed by atoms with Gasteiger partial charge in [0.15, 0.2) is 5.82 Å². The lowest BCUT2D eigenvalue weighted by atomic mass is 10.4. The van der Waals surface area contributed by atoms with E-state index in [1.165, 1.54) is 10.9 Å². The molecule has 0 aliphatic carbocycles. The summed E-state index contributed by atoms with van der Waals surface area (Å²) in [5, 5.41) is 6.87. The first-order chi connectivity index (χ1) is 8.15. The third kappa shape index (κ3) is 2.94. The number of anilines is 2. The molecule has 0 saturated heterocycles. The number of halogens is 1. The van der Waals surface area contributed by atoms with Crippen molar-refractivity contribution in [3.8, 4) is 0 Å². The summed E-state index contributed by atoms with van der Waals surface area (Å²) in [4.78, 5) is 15.6. The number of aromatic nitrogens is 3. The third-order valence-corrected chi connectivity index (χ3v) is 2.28. The number of rotatable bonds is 3. The lowest BCUT2D eigenvalue weighted by molar-refractivity contribution is -0.116. The highest BCUT2D eigenvalue weighted by Crippen LogP contribution is 2.17. The second kappa shape index (κ2) is 4.84. The van der Waals surface area contributed by atoms with Gasteiger partial charge in [0.2, 0.25) is 5.91 Å². The Morgan fingerprint density at radius 3 is 3.06 bits per heavy atom. The molecule has 2 heterocycles. The van der Waals surface area contributed by atoms with Crippen LogP contribution in [-0.4, -0.2) is 20.7 Å². The van der Waals surface area contributed by atoms with Crippen LogP contribution in [0, 0.1) is 0 Å². The summed E-state index contributed by atoms with van der Waals surface area (Å²) < 4.78 is 1.43. The van der Waals surface area contributed by atoms with Crippen molar-refractivity contribution in [3.63, 3.8) is 0 Å². The summed E-state index contributed by atoms with van der Waals surface area (Å²) in [6.07, 6.45) is 4.59. The Morgan fingerprint density at radius 2 is 2.41 bits per heavy atom. The highest BCUT2D eigenvalue weighted by Gasteiger charge is 2.07. The average molecular weight is 252 g/mol. The lowest BCUT2D eigenvalue weighted by Gasteiger charge is -2.05. The van der Waals surface area contributed by atoms with E-state index < -0.39 is 0 Å². The average Bonchev–Trinajstić information content (AvgIpc) is 2.67. The number of pyridine rings is 1. The van der Waals surface area contributed by atoms with Crippen molar-refractivity contribution in [2.75, 3.05) is 11.1 Å². The van der Waals surface area contributed by atoms with Crippen LogP contribution in [0.2, 0.25) is 5.02 Å². The number of hydrogen-bond acceptors (Lipinski definition) is 4. The highest BCUT2D eigenvalue weighted by molar-refractivity contribution is 6.33. The van der Waals surface area contributed by atoms with E-state index in [4.69, 9.17) is 17.3 Å². The van der Waals surface area contributed by atoms with Crippen LogP contribution >= 0.6 is 11.6 Å². The topological polar surface area (TPSA) is 85.8 Å². The van der Waals surface area contributed by atoms with E-state index in [2.05, 4.69) is 15.4 Å². The predicted molar refractivity (Wildman–Crippen MR) is 64.5 cm³/mol. The predicted octanol–water partition coefficient (Wildman–Crippen LogP) is 1.15. The van der Waals surface area contributed by atoms with E-state index in [0.29, 0.717) is 16.5 Å². The Hall–Kier alpha value is -2.08. The Kier molecular flexibility index (Phi) is 3.24. The van der Waals surface area contributed by atoms with E-state index in [1.807, 2.05) is 0 Å². The molecule has 0 aliphatic heterocycles. The van der Waals surface area contributed by atoms with Crippen LogP contribution in [0.5, 0.6) is 0 Å². The highest BCUT2D eigenvalue weighted by atomic mass is 35.5. The fraction of sp³-hybridized carbons (Fsp3) is 0.100. The van der Waals surface area contributed by atoms with Crippen molar-refractivity contribution in [2.24, 2.45) is 0 Å². The van der Waals surface area contributed by atoms with Crippen LogP contribution in [0.25, 0.3) is 0 Å². The fourth-order valence-electron chi connectivity index (χ4n) is 1.26. The normalized spacial score (nSPS) is 10.2. The molecule has 0 atom stereocenters. The summed E-state index contributed by atoms with van der Waals surface area (Å²) in [7, 11) is 0. The Bertz CT molecular complexity index is 539. The molecule has 0 unspecified atom stereocenters. The van der Waals surface area contributed by atoms with Gasteiger partial charge < -0.3 is 11.1 Å². The van der Waals surface area contributed by atoms with Crippen LogP contribution in [0.3, 0.4) is 0 Å². The maximum Gasteiger partial charge on any atom is 0.247 e. The van der Waals surface area contributed by atoms with Gasteiger partial charge in [-0.05, 0) is 12.1 Å². The number of carbonyl (C=O) groups is 1. The molecule has 1 amide bonds. The Balaban J connectivity index is 2.01. The molecule has 0 radical (unpaired) electrons. The van der Waals surface area contributed by atoms with Crippen molar-refractivity contribution in [2.45, 2.75) is 6.54 Å². The first-order valence-electron chi connectivity index (χ1n) is 4.83. The van der Waals surface area contributed by atoms with E-state index in [-0.39, 0.29) is 12.5 Å². The van der Waals surface area contributed by atoms with Crippen molar-refractivity contribution < 1.29 is 4.79 Å². The smallest absolute Gasteiger partial charge is 0.247 e. The standard InChI is InChI=1S/C10H10ClN5O/c11-8-2-1-3-13-10(8)15-9(17)6-16-5-7(12)4-14-16/h1-5H,6,12H2,(H,13,15,17). The molecule has 7 heteroatoms. The van der Waals surface area contributed by atoms with Crippen LogP contribution in [0.4, 0.5) is 11.5 Å². The molecule has 0 aromatic carbocycles. The Labute approximate surface area is 102 Å². The minimum absolute atomic E-state index is 0.0596. The van der Waals surface area contributed by atoms with Crippen molar-refractivity contribution >= 4 is 29.0 Å².